The van der Waals surface area contributed by atoms with Crippen LogP contribution in [0, 0.1) is 18.3 Å². The van der Waals surface area contributed by atoms with Gasteiger partial charge in [0.05, 0.1) is 20.5 Å². The number of nitrogens with zero attached hydrogens (tertiary/aromatic N) is 3. The number of rotatable bonds is 3. The first kappa shape index (κ1) is 20.4. The summed E-state index contributed by atoms with van der Waals surface area (Å²) in [6.07, 6.45) is -4.61. The van der Waals surface area contributed by atoms with E-state index in [1.807, 2.05) is 37.3 Å². The summed E-state index contributed by atoms with van der Waals surface area (Å²) in [5, 5.41) is 12.9. The SMILES string of the molecule is Cc1cccc(Sc2c(C#N)nn(-c3c(Cl)cc(C(F)(F)F)cc3Cl)c2N)c1. The van der Waals surface area contributed by atoms with Crippen molar-refractivity contribution < 1.29 is 13.2 Å². The number of nitrogen functional groups attached to an aromatic ring is 1. The summed E-state index contributed by atoms with van der Waals surface area (Å²) in [6.45, 7) is 1.92. The lowest BCUT2D eigenvalue weighted by Crippen LogP contribution is -2.08. The molecule has 1 heterocycles. The predicted molar refractivity (Wildman–Crippen MR) is 103 cm³/mol. The number of nitriles is 1. The van der Waals surface area contributed by atoms with Gasteiger partial charge in [-0.05, 0) is 31.2 Å². The quantitative estimate of drug-likeness (QED) is 0.530. The maximum absolute atomic E-state index is 12.9. The molecule has 0 aliphatic rings. The van der Waals surface area contributed by atoms with Crippen LogP contribution in [-0.4, -0.2) is 9.78 Å². The molecule has 10 heteroatoms. The molecule has 0 aliphatic heterocycles. The van der Waals surface area contributed by atoms with Crippen molar-refractivity contribution in [3.8, 4) is 11.8 Å². The van der Waals surface area contributed by atoms with Crippen LogP contribution in [0.15, 0.2) is 46.2 Å². The van der Waals surface area contributed by atoms with E-state index in [-0.39, 0.29) is 27.2 Å². The van der Waals surface area contributed by atoms with E-state index in [0.717, 1.165) is 27.3 Å². The van der Waals surface area contributed by atoms with E-state index in [4.69, 9.17) is 28.9 Å². The van der Waals surface area contributed by atoms with Crippen LogP contribution in [0.4, 0.5) is 19.0 Å². The van der Waals surface area contributed by atoms with Gasteiger partial charge in [-0.1, -0.05) is 52.7 Å². The standard InChI is InChI=1S/C18H11Cl2F3N4S/c1-9-3-2-4-11(5-9)28-16-14(8-24)26-27(17(16)25)15-12(19)6-10(7-13(15)20)18(21,22)23/h2-7H,25H2,1H3. The van der Waals surface area contributed by atoms with Crippen LogP contribution in [-0.2, 0) is 6.18 Å². The van der Waals surface area contributed by atoms with E-state index in [2.05, 4.69) is 5.10 Å². The zero-order chi connectivity index (χ0) is 20.6. The predicted octanol–water partition coefficient (Wildman–Crippen LogP) is 6.11. The third-order valence-corrected chi connectivity index (χ3v) is 5.42. The first-order valence-corrected chi connectivity index (χ1v) is 9.28. The number of hydrogen-bond acceptors (Lipinski definition) is 4. The molecule has 0 saturated carbocycles. The number of aryl methyl sites for hydroxylation is 1. The van der Waals surface area contributed by atoms with E-state index in [0.29, 0.717) is 4.90 Å². The fourth-order valence-electron chi connectivity index (χ4n) is 2.49. The van der Waals surface area contributed by atoms with Crippen molar-refractivity contribution >= 4 is 40.8 Å². The van der Waals surface area contributed by atoms with Gasteiger partial charge in [-0.3, -0.25) is 0 Å². The summed E-state index contributed by atoms with van der Waals surface area (Å²) in [4.78, 5) is 1.19. The van der Waals surface area contributed by atoms with Gasteiger partial charge in [0, 0.05) is 4.90 Å². The van der Waals surface area contributed by atoms with E-state index < -0.39 is 11.7 Å². The summed E-state index contributed by atoms with van der Waals surface area (Å²) in [6, 6.07) is 10.9. The van der Waals surface area contributed by atoms with Crippen molar-refractivity contribution in [1.29, 1.82) is 5.26 Å². The Bertz CT molecular complexity index is 1080. The van der Waals surface area contributed by atoms with Gasteiger partial charge in [-0.15, -0.1) is 0 Å². The number of alkyl halides is 3. The highest BCUT2D eigenvalue weighted by atomic mass is 35.5. The van der Waals surface area contributed by atoms with E-state index >= 15 is 0 Å². The second-order valence-electron chi connectivity index (χ2n) is 5.79. The molecule has 0 radical (unpaired) electrons. The zero-order valence-electron chi connectivity index (χ0n) is 14.2. The first-order valence-electron chi connectivity index (χ1n) is 7.71. The molecule has 0 amide bonds. The molecule has 0 spiro atoms. The highest BCUT2D eigenvalue weighted by molar-refractivity contribution is 7.99. The van der Waals surface area contributed by atoms with Gasteiger partial charge in [-0.2, -0.15) is 23.5 Å². The Morgan fingerprint density at radius 3 is 2.36 bits per heavy atom. The van der Waals surface area contributed by atoms with Crippen LogP contribution < -0.4 is 5.73 Å². The smallest absolute Gasteiger partial charge is 0.383 e. The number of benzene rings is 2. The molecule has 28 heavy (non-hydrogen) atoms. The Kier molecular flexibility index (Phi) is 5.53. The van der Waals surface area contributed by atoms with Crippen LogP contribution >= 0.6 is 35.0 Å². The molecule has 0 atom stereocenters. The highest BCUT2D eigenvalue weighted by Crippen LogP contribution is 2.41. The summed E-state index contributed by atoms with van der Waals surface area (Å²) in [7, 11) is 0. The molecule has 3 aromatic rings. The Hall–Kier alpha value is -2.34. The van der Waals surface area contributed by atoms with Crippen molar-refractivity contribution in [2.75, 3.05) is 5.73 Å². The Balaban J connectivity index is 2.12. The van der Waals surface area contributed by atoms with Gasteiger partial charge in [-0.25, -0.2) is 4.68 Å². The second kappa shape index (κ2) is 7.59. The Morgan fingerprint density at radius 2 is 1.82 bits per heavy atom. The number of aromatic nitrogens is 2. The fourth-order valence-corrected chi connectivity index (χ4v) is 4.14. The summed E-state index contributed by atoms with van der Waals surface area (Å²) < 4.78 is 39.9. The monoisotopic (exact) mass is 442 g/mol. The van der Waals surface area contributed by atoms with Crippen LogP contribution in [0.2, 0.25) is 10.0 Å². The molecule has 0 fully saturated rings. The van der Waals surface area contributed by atoms with Crippen molar-refractivity contribution in [3.05, 3.63) is 63.3 Å². The van der Waals surface area contributed by atoms with Crippen molar-refractivity contribution in [2.45, 2.75) is 22.9 Å². The van der Waals surface area contributed by atoms with Gasteiger partial charge in [0.15, 0.2) is 5.69 Å². The highest BCUT2D eigenvalue weighted by Gasteiger charge is 2.33. The van der Waals surface area contributed by atoms with Gasteiger partial charge < -0.3 is 5.73 Å². The maximum atomic E-state index is 12.9. The zero-order valence-corrected chi connectivity index (χ0v) is 16.5. The average molecular weight is 443 g/mol. The minimum Gasteiger partial charge on any atom is -0.383 e. The Labute approximate surface area is 172 Å². The third-order valence-electron chi connectivity index (χ3n) is 3.75. The van der Waals surface area contributed by atoms with E-state index in [1.54, 1.807) is 0 Å². The molecule has 3 rings (SSSR count). The summed E-state index contributed by atoms with van der Waals surface area (Å²) in [5.41, 5.74) is 6.16. The molecule has 0 unspecified atom stereocenters. The van der Waals surface area contributed by atoms with Crippen LogP contribution in [0.1, 0.15) is 16.8 Å². The molecular formula is C18H11Cl2F3N4S. The fraction of sp³-hybridized carbons (Fsp3) is 0.111. The van der Waals surface area contributed by atoms with E-state index in [9.17, 15) is 18.4 Å². The topological polar surface area (TPSA) is 67.6 Å². The van der Waals surface area contributed by atoms with Gasteiger partial charge >= 0.3 is 6.18 Å². The largest absolute Gasteiger partial charge is 0.416 e. The number of anilines is 1. The van der Waals surface area contributed by atoms with Gasteiger partial charge in [0.2, 0.25) is 0 Å². The molecule has 4 nitrogen and oxygen atoms in total. The van der Waals surface area contributed by atoms with Crippen molar-refractivity contribution in [1.82, 2.24) is 9.78 Å². The average Bonchev–Trinajstić information content (AvgIpc) is 2.90. The van der Waals surface area contributed by atoms with Crippen molar-refractivity contribution in [3.63, 3.8) is 0 Å². The third kappa shape index (κ3) is 3.92. The number of halogens is 5. The normalized spacial score (nSPS) is 11.5. The van der Waals surface area contributed by atoms with Gasteiger partial charge in [0.25, 0.3) is 0 Å². The molecule has 2 N–H and O–H groups in total. The molecule has 2 aromatic carbocycles. The Morgan fingerprint density at radius 1 is 1.18 bits per heavy atom. The first-order chi connectivity index (χ1) is 13.1. The molecule has 0 aliphatic carbocycles. The van der Waals surface area contributed by atoms with Crippen LogP contribution in [0.25, 0.3) is 5.69 Å². The second-order valence-corrected chi connectivity index (χ2v) is 7.69. The minimum absolute atomic E-state index is 0.0102. The lowest BCUT2D eigenvalue weighted by Gasteiger charge is -2.13. The number of nitrogens with two attached hydrogens (primary N) is 1. The lowest BCUT2D eigenvalue weighted by molar-refractivity contribution is -0.137. The van der Waals surface area contributed by atoms with Crippen LogP contribution in [0.3, 0.4) is 0 Å². The molecule has 1 aromatic heterocycles. The van der Waals surface area contributed by atoms with Crippen LogP contribution in [0.5, 0.6) is 0 Å². The summed E-state index contributed by atoms with van der Waals surface area (Å²) in [5.74, 6) is 0.0478. The maximum Gasteiger partial charge on any atom is 0.416 e. The molecule has 0 saturated heterocycles. The van der Waals surface area contributed by atoms with E-state index in [1.165, 1.54) is 11.8 Å². The molecule has 144 valence electrons. The number of hydrogen-bond donors (Lipinski definition) is 1. The molecular weight excluding hydrogens is 432 g/mol. The molecule has 0 bridgehead atoms. The lowest BCUT2D eigenvalue weighted by atomic mass is 10.2. The summed E-state index contributed by atoms with van der Waals surface area (Å²) >= 11 is 13.3. The minimum atomic E-state index is -4.61. The van der Waals surface area contributed by atoms with Gasteiger partial charge in [0.1, 0.15) is 17.6 Å². The van der Waals surface area contributed by atoms with Crippen molar-refractivity contribution in [2.24, 2.45) is 0 Å².